The molecule has 9 heteroatoms. The predicted molar refractivity (Wildman–Crippen MR) is 119 cm³/mol. The summed E-state index contributed by atoms with van der Waals surface area (Å²) >= 11 is 3.32. The lowest BCUT2D eigenvalue weighted by Gasteiger charge is -2.23. The number of anilines is 2. The summed E-state index contributed by atoms with van der Waals surface area (Å²) in [7, 11) is -3.71. The molecule has 0 unspecified atom stereocenters. The summed E-state index contributed by atoms with van der Waals surface area (Å²) in [5.74, 6) is -0.865. The minimum Gasteiger partial charge on any atom is -0.350 e. The summed E-state index contributed by atoms with van der Waals surface area (Å²) in [6.07, 6.45) is 1.81. The molecule has 0 aliphatic heterocycles. The van der Waals surface area contributed by atoms with Crippen molar-refractivity contribution in [3.05, 3.63) is 58.6 Å². The minimum atomic E-state index is -3.71. The third-order valence-electron chi connectivity index (χ3n) is 4.24. The number of halogens is 1. The third kappa shape index (κ3) is 6.30. The van der Waals surface area contributed by atoms with Crippen LogP contribution in [0.1, 0.15) is 30.6 Å². The van der Waals surface area contributed by atoms with Crippen LogP contribution in [0.3, 0.4) is 0 Å². The Morgan fingerprint density at radius 3 is 2.34 bits per heavy atom. The van der Waals surface area contributed by atoms with Gasteiger partial charge in [0, 0.05) is 10.5 Å². The van der Waals surface area contributed by atoms with E-state index in [9.17, 15) is 18.0 Å². The lowest BCUT2D eigenvalue weighted by Crippen LogP contribution is -2.38. The summed E-state index contributed by atoms with van der Waals surface area (Å²) in [5.41, 5.74) is 0.986. The molecule has 0 spiro atoms. The Hall–Kier alpha value is -2.39. The average Bonchev–Trinajstić information content (AvgIpc) is 2.66. The average molecular weight is 482 g/mol. The number of rotatable bonds is 8. The second-order valence-electron chi connectivity index (χ2n) is 6.60. The Bertz CT molecular complexity index is 995. The Balaban J connectivity index is 2.24. The van der Waals surface area contributed by atoms with Gasteiger partial charge in [-0.15, -0.1) is 0 Å². The SMILES string of the molecule is CC[C@@H](C)NC(=O)c1ccccc1NC(=O)CN(c1ccccc1Br)S(C)(=O)=O. The highest BCUT2D eigenvalue weighted by atomic mass is 79.9. The number of hydrogen-bond acceptors (Lipinski definition) is 4. The lowest BCUT2D eigenvalue weighted by atomic mass is 10.1. The highest BCUT2D eigenvalue weighted by Crippen LogP contribution is 2.27. The second-order valence-corrected chi connectivity index (χ2v) is 9.36. The van der Waals surface area contributed by atoms with Gasteiger partial charge < -0.3 is 10.6 Å². The van der Waals surface area contributed by atoms with Crippen LogP contribution in [-0.4, -0.2) is 39.1 Å². The zero-order chi connectivity index (χ0) is 21.6. The maximum absolute atomic E-state index is 12.6. The van der Waals surface area contributed by atoms with Gasteiger partial charge in [-0.2, -0.15) is 0 Å². The Labute approximate surface area is 179 Å². The smallest absolute Gasteiger partial charge is 0.253 e. The highest BCUT2D eigenvalue weighted by Gasteiger charge is 2.23. The first-order valence-electron chi connectivity index (χ1n) is 9.05. The van der Waals surface area contributed by atoms with Crippen molar-refractivity contribution >= 4 is 49.1 Å². The van der Waals surface area contributed by atoms with Gasteiger partial charge in [0.05, 0.1) is 23.2 Å². The Morgan fingerprint density at radius 1 is 1.10 bits per heavy atom. The van der Waals surface area contributed by atoms with Gasteiger partial charge in [-0.3, -0.25) is 13.9 Å². The molecule has 0 saturated heterocycles. The maximum atomic E-state index is 12.6. The first-order valence-corrected chi connectivity index (χ1v) is 11.7. The van der Waals surface area contributed by atoms with Gasteiger partial charge in [-0.1, -0.05) is 31.2 Å². The van der Waals surface area contributed by atoms with E-state index in [0.29, 0.717) is 21.4 Å². The molecule has 0 radical (unpaired) electrons. The van der Waals surface area contributed by atoms with Gasteiger partial charge in [0.15, 0.2) is 0 Å². The summed E-state index contributed by atoms with van der Waals surface area (Å²) in [6, 6.07) is 13.3. The first kappa shape index (κ1) is 22.9. The summed E-state index contributed by atoms with van der Waals surface area (Å²) in [4.78, 5) is 25.1. The maximum Gasteiger partial charge on any atom is 0.253 e. The van der Waals surface area contributed by atoms with E-state index in [0.717, 1.165) is 17.0 Å². The topological polar surface area (TPSA) is 95.6 Å². The van der Waals surface area contributed by atoms with Crippen molar-refractivity contribution in [3.8, 4) is 0 Å². The Morgan fingerprint density at radius 2 is 1.72 bits per heavy atom. The number of carbonyl (C=O) groups is 2. The molecular weight excluding hydrogens is 458 g/mol. The van der Waals surface area contributed by atoms with Crippen molar-refractivity contribution in [2.45, 2.75) is 26.3 Å². The molecule has 0 bridgehead atoms. The number of nitrogens with one attached hydrogen (secondary N) is 2. The molecule has 2 aromatic rings. The number of benzene rings is 2. The summed E-state index contributed by atoms with van der Waals surface area (Å²) < 4.78 is 26.1. The van der Waals surface area contributed by atoms with Gasteiger partial charge in [0.1, 0.15) is 6.54 Å². The van der Waals surface area contributed by atoms with Gasteiger partial charge in [0.25, 0.3) is 5.91 Å². The number of hydrogen-bond donors (Lipinski definition) is 2. The van der Waals surface area contributed by atoms with Crippen molar-refractivity contribution in [1.82, 2.24) is 5.32 Å². The van der Waals surface area contributed by atoms with Crippen LogP contribution in [0.4, 0.5) is 11.4 Å². The van der Waals surface area contributed by atoms with Crippen molar-refractivity contribution in [1.29, 1.82) is 0 Å². The lowest BCUT2D eigenvalue weighted by molar-refractivity contribution is -0.114. The minimum absolute atomic E-state index is 0.0117. The van der Waals surface area contributed by atoms with Crippen LogP contribution in [0.15, 0.2) is 53.0 Å². The molecule has 0 fully saturated rings. The molecule has 7 nitrogen and oxygen atoms in total. The van der Waals surface area contributed by atoms with E-state index in [1.807, 2.05) is 13.8 Å². The van der Waals surface area contributed by atoms with Crippen molar-refractivity contribution in [2.24, 2.45) is 0 Å². The van der Waals surface area contributed by atoms with E-state index < -0.39 is 22.5 Å². The van der Waals surface area contributed by atoms with Crippen LogP contribution < -0.4 is 14.9 Å². The molecule has 29 heavy (non-hydrogen) atoms. The molecule has 2 aromatic carbocycles. The molecule has 2 amide bonds. The molecule has 0 aliphatic carbocycles. The van der Waals surface area contributed by atoms with Crippen molar-refractivity contribution < 1.29 is 18.0 Å². The highest BCUT2D eigenvalue weighted by molar-refractivity contribution is 9.10. The zero-order valence-corrected chi connectivity index (χ0v) is 18.9. The number of amides is 2. The summed E-state index contributed by atoms with van der Waals surface area (Å²) in [5, 5.41) is 5.51. The monoisotopic (exact) mass is 481 g/mol. The van der Waals surface area contributed by atoms with E-state index >= 15 is 0 Å². The van der Waals surface area contributed by atoms with Crippen LogP contribution >= 0.6 is 15.9 Å². The van der Waals surface area contributed by atoms with E-state index in [2.05, 4.69) is 26.6 Å². The standard InChI is InChI=1S/C20H24BrN3O4S/c1-4-14(2)22-20(26)15-9-5-7-11-17(15)23-19(25)13-24(29(3,27)28)18-12-8-6-10-16(18)21/h5-12,14H,4,13H2,1-3H3,(H,22,26)(H,23,25)/t14-/m1/s1. The van der Waals surface area contributed by atoms with Crippen LogP contribution in [0.25, 0.3) is 0 Å². The first-order chi connectivity index (χ1) is 13.6. The van der Waals surface area contributed by atoms with Gasteiger partial charge in [0.2, 0.25) is 15.9 Å². The molecule has 0 aliphatic rings. The number of para-hydroxylation sites is 2. The molecule has 1 atom stereocenters. The van der Waals surface area contributed by atoms with Gasteiger partial charge >= 0.3 is 0 Å². The van der Waals surface area contributed by atoms with E-state index in [-0.39, 0.29) is 11.9 Å². The summed E-state index contributed by atoms with van der Waals surface area (Å²) in [6.45, 7) is 3.42. The molecule has 156 valence electrons. The fourth-order valence-electron chi connectivity index (χ4n) is 2.55. The molecular formula is C20H24BrN3O4S. The van der Waals surface area contributed by atoms with Crippen LogP contribution in [0.2, 0.25) is 0 Å². The molecule has 2 N–H and O–H groups in total. The Kier molecular flexibility index (Phi) is 7.80. The number of carbonyl (C=O) groups excluding carboxylic acids is 2. The molecule has 0 saturated carbocycles. The van der Waals surface area contributed by atoms with E-state index in [1.54, 1.807) is 48.5 Å². The van der Waals surface area contributed by atoms with Crippen LogP contribution in [0, 0.1) is 0 Å². The van der Waals surface area contributed by atoms with Crippen LogP contribution in [0.5, 0.6) is 0 Å². The largest absolute Gasteiger partial charge is 0.350 e. The quantitative estimate of drug-likeness (QED) is 0.603. The molecule has 0 aromatic heterocycles. The second kappa shape index (κ2) is 9.89. The normalized spacial score (nSPS) is 12.1. The van der Waals surface area contributed by atoms with Gasteiger partial charge in [-0.05, 0) is 53.5 Å². The van der Waals surface area contributed by atoms with Gasteiger partial charge in [-0.25, -0.2) is 8.42 Å². The predicted octanol–water partition coefficient (Wildman–Crippen LogP) is 3.38. The molecule has 0 heterocycles. The van der Waals surface area contributed by atoms with Crippen molar-refractivity contribution in [2.75, 3.05) is 22.4 Å². The van der Waals surface area contributed by atoms with E-state index in [4.69, 9.17) is 0 Å². The van der Waals surface area contributed by atoms with Crippen molar-refractivity contribution in [3.63, 3.8) is 0 Å². The van der Waals surface area contributed by atoms with Crippen LogP contribution in [-0.2, 0) is 14.8 Å². The number of sulfonamides is 1. The molecule has 2 rings (SSSR count). The zero-order valence-electron chi connectivity index (χ0n) is 16.5. The van der Waals surface area contributed by atoms with E-state index in [1.165, 1.54) is 0 Å². The number of nitrogens with zero attached hydrogens (tertiary/aromatic N) is 1. The fourth-order valence-corrected chi connectivity index (χ4v) is 4.03. The fraction of sp³-hybridized carbons (Fsp3) is 0.300. The third-order valence-corrected chi connectivity index (χ3v) is 6.04.